The number of aromatic amines is 1. The summed E-state index contributed by atoms with van der Waals surface area (Å²) < 4.78 is 35.5. The minimum atomic E-state index is -0.678. The molecule has 0 unspecified atom stereocenters. The third-order valence-electron chi connectivity index (χ3n) is 5.12. The maximum Gasteiger partial charge on any atom is 0.244 e. The van der Waals surface area contributed by atoms with Crippen LogP contribution in [-0.2, 0) is 0 Å². The maximum atomic E-state index is 13.5. The average molecular weight is 422 g/mol. The van der Waals surface area contributed by atoms with Crippen molar-refractivity contribution < 1.29 is 23.3 Å². The highest BCUT2D eigenvalue weighted by Crippen LogP contribution is 2.50. The maximum absolute atomic E-state index is 13.5. The molecule has 2 aromatic carbocycles. The van der Waals surface area contributed by atoms with Gasteiger partial charge in [0.2, 0.25) is 11.8 Å². The lowest BCUT2D eigenvalue weighted by atomic mass is 9.82. The van der Waals surface area contributed by atoms with Crippen LogP contribution in [0.25, 0.3) is 11.3 Å². The summed E-state index contributed by atoms with van der Waals surface area (Å²) >= 11 is 0. The molecule has 3 N–H and O–H groups in total. The largest absolute Gasteiger partial charge is 0.496 e. The van der Waals surface area contributed by atoms with Crippen molar-refractivity contribution in [1.29, 1.82) is 5.26 Å². The fourth-order valence-corrected chi connectivity index (χ4v) is 3.67. The van der Waals surface area contributed by atoms with Crippen LogP contribution in [0.3, 0.4) is 0 Å². The lowest BCUT2D eigenvalue weighted by Gasteiger charge is -2.26. The second-order valence-corrected chi connectivity index (χ2v) is 6.70. The van der Waals surface area contributed by atoms with Crippen LogP contribution in [0.4, 0.5) is 4.39 Å². The number of nitrogens with zero attached hydrogens (tertiary/aromatic N) is 2. The van der Waals surface area contributed by atoms with E-state index in [-0.39, 0.29) is 23.2 Å². The molecule has 1 aliphatic rings. The molecule has 0 aliphatic carbocycles. The van der Waals surface area contributed by atoms with Crippen molar-refractivity contribution in [3.05, 3.63) is 64.8 Å². The van der Waals surface area contributed by atoms with Crippen molar-refractivity contribution in [3.8, 4) is 40.5 Å². The van der Waals surface area contributed by atoms with Crippen LogP contribution >= 0.6 is 0 Å². The van der Waals surface area contributed by atoms with Crippen LogP contribution in [-0.4, -0.2) is 31.5 Å². The number of hydrogen-bond acceptors (Lipinski definition) is 7. The first-order valence-electron chi connectivity index (χ1n) is 9.24. The van der Waals surface area contributed by atoms with Crippen LogP contribution < -0.4 is 24.7 Å². The molecule has 0 bridgehead atoms. The molecule has 8 nitrogen and oxygen atoms in total. The zero-order valence-corrected chi connectivity index (χ0v) is 17.0. The third kappa shape index (κ3) is 3.28. The number of hydrogen-bond donors (Lipinski definition) is 2. The summed E-state index contributed by atoms with van der Waals surface area (Å²) in [5.74, 6) is 0.496. The minimum absolute atomic E-state index is 0.0611. The smallest absolute Gasteiger partial charge is 0.244 e. The van der Waals surface area contributed by atoms with Gasteiger partial charge in [0, 0.05) is 17.2 Å². The van der Waals surface area contributed by atoms with Gasteiger partial charge in [-0.1, -0.05) is 0 Å². The molecule has 3 aromatic rings. The van der Waals surface area contributed by atoms with Crippen LogP contribution in [0.5, 0.6) is 23.1 Å². The Hall–Kier alpha value is -4.19. The molecule has 0 spiro atoms. The summed E-state index contributed by atoms with van der Waals surface area (Å²) in [6.45, 7) is 0. The Labute approximate surface area is 177 Å². The number of allylic oxidation sites excluding steroid dienone is 1. The first-order valence-corrected chi connectivity index (χ1v) is 9.24. The van der Waals surface area contributed by atoms with E-state index in [0.29, 0.717) is 39.6 Å². The normalized spacial score (nSPS) is 15.0. The molecule has 0 saturated heterocycles. The predicted molar refractivity (Wildman–Crippen MR) is 109 cm³/mol. The molecule has 9 heteroatoms. The average Bonchev–Trinajstić information content (AvgIpc) is 3.20. The first kappa shape index (κ1) is 20.1. The van der Waals surface area contributed by atoms with E-state index in [0.717, 1.165) is 0 Å². The van der Waals surface area contributed by atoms with Crippen molar-refractivity contribution in [2.75, 3.05) is 21.3 Å². The Balaban J connectivity index is 2.00. The molecule has 1 aromatic heterocycles. The van der Waals surface area contributed by atoms with Crippen molar-refractivity contribution in [3.63, 3.8) is 0 Å². The van der Waals surface area contributed by atoms with Crippen LogP contribution in [0.15, 0.2) is 47.9 Å². The van der Waals surface area contributed by atoms with Gasteiger partial charge in [-0.25, -0.2) is 4.39 Å². The van der Waals surface area contributed by atoms with E-state index in [1.165, 1.54) is 33.5 Å². The van der Waals surface area contributed by atoms with E-state index in [9.17, 15) is 9.65 Å². The predicted octanol–water partition coefficient (Wildman–Crippen LogP) is 3.46. The number of rotatable bonds is 5. The van der Waals surface area contributed by atoms with Gasteiger partial charge >= 0.3 is 0 Å². The van der Waals surface area contributed by atoms with Crippen LogP contribution in [0.2, 0.25) is 0 Å². The molecule has 1 aliphatic heterocycles. The fraction of sp³-hybridized carbons (Fsp3) is 0.182. The molecule has 0 amide bonds. The lowest BCUT2D eigenvalue weighted by Crippen LogP contribution is -2.21. The van der Waals surface area contributed by atoms with Gasteiger partial charge in [-0.3, -0.25) is 5.10 Å². The number of nitriles is 1. The minimum Gasteiger partial charge on any atom is -0.496 e. The van der Waals surface area contributed by atoms with Crippen LogP contribution in [0.1, 0.15) is 17.0 Å². The quantitative estimate of drug-likeness (QED) is 0.647. The van der Waals surface area contributed by atoms with E-state index in [2.05, 4.69) is 16.3 Å². The van der Waals surface area contributed by atoms with Gasteiger partial charge in [0.05, 0.1) is 38.5 Å². The molecule has 158 valence electrons. The molecule has 1 atom stereocenters. The van der Waals surface area contributed by atoms with E-state index in [1.807, 2.05) is 0 Å². The molecule has 2 heterocycles. The first-order chi connectivity index (χ1) is 15.0. The standard InChI is InChI=1S/C22H19FN4O4/c1-28-15-9-17(30-3)16(29-2)8-13(15)18-14(10-24)21(25)31-22-19(18)20(26-27-22)11-4-6-12(23)7-5-11/h4-9,18H,25H2,1-3H3,(H,26,27)/t18-/m1/s1. The van der Waals surface area contributed by atoms with Gasteiger partial charge in [0.1, 0.15) is 23.2 Å². The van der Waals surface area contributed by atoms with E-state index < -0.39 is 5.92 Å². The van der Waals surface area contributed by atoms with E-state index >= 15 is 0 Å². The lowest BCUT2D eigenvalue weighted by molar-refractivity contribution is 0.346. The molecule has 0 saturated carbocycles. The molecule has 31 heavy (non-hydrogen) atoms. The Morgan fingerprint density at radius 3 is 2.32 bits per heavy atom. The summed E-state index contributed by atoms with van der Waals surface area (Å²) in [6.07, 6.45) is 0. The Morgan fingerprint density at radius 2 is 1.71 bits per heavy atom. The summed E-state index contributed by atoms with van der Waals surface area (Å²) in [5.41, 5.74) is 8.65. The van der Waals surface area contributed by atoms with E-state index in [4.69, 9.17) is 24.7 Å². The zero-order valence-electron chi connectivity index (χ0n) is 17.0. The monoisotopic (exact) mass is 422 g/mol. The number of halogens is 1. The summed E-state index contributed by atoms with van der Waals surface area (Å²) in [6, 6.07) is 11.4. The van der Waals surface area contributed by atoms with Crippen LogP contribution in [0, 0.1) is 17.1 Å². The number of nitrogens with two attached hydrogens (primary N) is 1. The molecule has 0 radical (unpaired) electrons. The zero-order chi connectivity index (χ0) is 22.1. The number of fused-ring (bicyclic) bond motifs is 1. The Morgan fingerprint density at radius 1 is 1.06 bits per heavy atom. The Kier molecular flexibility index (Phi) is 5.13. The molecule has 4 rings (SSSR count). The van der Waals surface area contributed by atoms with E-state index in [1.54, 1.807) is 24.3 Å². The van der Waals surface area contributed by atoms with Crippen molar-refractivity contribution in [2.45, 2.75) is 5.92 Å². The highest BCUT2D eigenvalue weighted by Gasteiger charge is 2.37. The number of H-pyrrole nitrogens is 1. The number of aromatic nitrogens is 2. The summed E-state index contributed by atoms with van der Waals surface area (Å²) in [5, 5.41) is 17.0. The summed E-state index contributed by atoms with van der Waals surface area (Å²) in [4.78, 5) is 0. The van der Waals surface area contributed by atoms with Crippen molar-refractivity contribution >= 4 is 0 Å². The van der Waals surface area contributed by atoms with Gasteiger partial charge in [-0.05, 0) is 30.3 Å². The van der Waals surface area contributed by atoms with Crippen molar-refractivity contribution in [2.24, 2.45) is 5.73 Å². The van der Waals surface area contributed by atoms with Gasteiger partial charge in [-0.2, -0.15) is 5.26 Å². The number of nitrogens with one attached hydrogen (secondary N) is 1. The molecular weight excluding hydrogens is 403 g/mol. The van der Waals surface area contributed by atoms with Gasteiger partial charge in [0.25, 0.3) is 0 Å². The fourth-order valence-electron chi connectivity index (χ4n) is 3.67. The number of methoxy groups -OCH3 is 3. The molecule has 0 fully saturated rings. The number of benzene rings is 2. The van der Waals surface area contributed by atoms with Gasteiger partial charge < -0.3 is 24.7 Å². The second-order valence-electron chi connectivity index (χ2n) is 6.70. The summed E-state index contributed by atoms with van der Waals surface area (Å²) in [7, 11) is 4.55. The highest BCUT2D eigenvalue weighted by atomic mass is 19.1. The second kappa shape index (κ2) is 7.91. The van der Waals surface area contributed by atoms with Gasteiger partial charge in [0.15, 0.2) is 11.5 Å². The van der Waals surface area contributed by atoms with Gasteiger partial charge in [-0.15, -0.1) is 5.10 Å². The molecular formula is C22H19FN4O4. The topological polar surface area (TPSA) is 115 Å². The Bertz CT molecular complexity index is 1210. The number of ether oxygens (including phenoxy) is 4. The highest BCUT2D eigenvalue weighted by molar-refractivity contribution is 5.72. The van der Waals surface area contributed by atoms with Crippen molar-refractivity contribution in [1.82, 2.24) is 10.2 Å². The SMILES string of the molecule is COc1cc(OC)c([C@@H]2C(C#N)=C(N)Oc3n[nH]c(-c4ccc(F)cc4)c32)cc1OC. The third-order valence-corrected chi connectivity index (χ3v) is 5.12.